The Hall–Kier alpha value is -2.08. The third-order valence-electron chi connectivity index (χ3n) is 6.83. The van der Waals surface area contributed by atoms with Crippen LogP contribution in [0.3, 0.4) is 0 Å². The number of carbonyl (C=O) groups is 2. The van der Waals surface area contributed by atoms with Crippen LogP contribution in [0.1, 0.15) is 90.3 Å². The van der Waals surface area contributed by atoms with Gasteiger partial charge in [0.1, 0.15) is 11.2 Å². The summed E-state index contributed by atoms with van der Waals surface area (Å²) >= 11 is 0. The van der Waals surface area contributed by atoms with Crippen LogP contribution in [0, 0.1) is 6.92 Å². The van der Waals surface area contributed by atoms with Crippen molar-refractivity contribution in [3.8, 4) is 0 Å². The minimum atomic E-state index is -0.466. The van der Waals surface area contributed by atoms with E-state index in [4.69, 9.17) is 9.47 Å². The summed E-state index contributed by atoms with van der Waals surface area (Å²) in [6.07, 6.45) is 5.20. The Labute approximate surface area is 206 Å². The van der Waals surface area contributed by atoms with Gasteiger partial charge in [-0.05, 0) is 98.2 Å². The predicted octanol–water partition coefficient (Wildman–Crippen LogP) is 5.63. The molecule has 0 aromatic heterocycles. The molecule has 0 radical (unpaired) electrons. The molecule has 0 bridgehead atoms. The molecule has 0 atom stereocenters. The topological polar surface area (TPSA) is 59.1 Å². The standard InChI is InChI=1S/C28H44N2O4/c1-21-9-10-23(22(19-21)11-12-24(31)33-26(2,3)4)20-30-16-8-13-28(30)14-17-29(18-15-28)25(32)34-27(5,6)7/h9-10,19H,8,11-18,20H2,1-7H3. The Morgan fingerprint density at radius 3 is 2.18 bits per heavy atom. The number of nitrogens with zero attached hydrogens (tertiary/aromatic N) is 2. The highest BCUT2D eigenvalue weighted by Crippen LogP contribution is 2.40. The lowest BCUT2D eigenvalue weighted by molar-refractivity contribution is -0.154. The van der Waals surface area contributed by atoms with E-state index >= 15 is 0 Å². The third kappa shape index (κ3) is 7.21. The quantitative estimate of drug-likeness (QED) is 0.520. The highest BCUT2D eigenvalue weighted by atomic mass is 16.6. The van der Waals surface area contributed by atoms with Crippen molar-refractivity contribution < 1.29 is 19.1 Å². The highest BCUT2D eigenvalue weighted by molar-refractivity contribution is 5.70. The first-order chi connectivity index (χ1) is 15.8. The molecular formula is C28H44N2O4. The minimum absolute atomic E-state index is 0.145. The molecule has 2 aliphatic heterocycles. The summed E-state index contributed by atoms with van der Waals surface area (Å²) in [5.74, 6) is -0.146. The van der Waals surface area contributed by atoms with Crippen molar-refractivity contribution in [2.75, 3.05) is 19.6 Å². The third-order valence-corrected chi connectivity index (χ3v) is 6.83. The van der Waals surface area contributed by atoms with Crippen LogP contribution in [0.15, 0.2) is 18.2 Å². The number of piperidine rings is 1. The van der Waals surface area contributed by atoms with E-state index in [1.165, 1.54) is 29.5 Å². The average Bonchev–Trinajstić information content (AvgIpc) is 3.07. The number of ether oxygens (including phenoxy) is 2. The Bertz CT molecular complexity index is 873. The number of rotatable bonds is 5. The SMILES string of the molecule is Cc1ccc(CN2CCCC23CCN(C(=O)OC(C)(C)C)CC3)c(CCC(=O)OC(C)(C)C)c1. The molecule has 0 aliphatic carbocycles. The fraction of sp³-hybridized carbons (Fsp3) is 0.714. The van der Waals surface area contributed by atoms with Crippen LogP contribution >= 0.6 is 0 Å². The smallest absolute Gasteiger partial charge is 0.410 e. The van der Waals surface area contributed by atoms with Gasteiger partial charge in [0.05, 0.1) is 0 Å². The summed E-state index contributed by atoms with van der Waals surface area (Å²) < 4.78 is 11.1. The maximum Gasteiger partial charge on any atom is 0.410 e. The van der Waals surface area contributed by atoms with Crippen molar-refractivity contribution in [2.24, 2.45) is 0 Å². The minimum Gasteiger partial charge on any atom is -0.460 e. The molecule has 2 saturated heterocycles. The molecule has 34 heavy (non-hydrogen) atoms. The first-order valence-corrected chi connectivity index (χ1v) is 12.8. The number of aryl methyl sites for hydroxylation is 2. The van der Waals surface area contributed by atoms with Crippen molar-refractivity contribution in [3.05, 3.63) is 34.9 Å². The lowest BCUT2D eigenvalue weighted by atomic mass is 9.84. The second-order valence-corrected chi connectivity index (χ2v) is 12.1. The Morgan fingerprint density at radius 1 is 0.912 bits per heavy atom. The lowest BCUT2D eigenvalue weighted by Gasteiger charge is -2.45. The predicted molar refractivity (Wildman–Crippen MR) is 135 cm³/mol. The monoisotopic (exact) mass is 472 g/mol. The van der Waals surface area contributed by atoms with Crippen LogP contribution in [0.5, 0.6) is 0 Å². The lowest BCUT2D eigenvalue weighted by Crippen LogP contribution is -2.53. The summed E-state index contributed by atoms with van der Waals surface area (Å²) in [4.78, 5) is 29.3. The molecule has 2 aliphatic rings. The van der Waals surface area contributed by atoms with Gasteiger partial charge in [-0.25, -0.2) is 4.79 Å². The van der Waals surface area contributed by atoms with Crippen LogP contribution < -0.4 is 0 Å². The fourth-order valence-electron chi connectivity index (χ4n) is 5.22. The van der Waals surface area contributed by atoms with Crippen LogP contribution in [0.4, 0.5) is 4.79 Å². The highest BCUT2D eigenvalue weighted by Gasteiger charge is 2.44. The summed E-state index contributed by atoms with van der Waals surface area (Å²) in [5, 5.41) is 0. The molecule has 0 unspecified atom stereocenters. The first kappa shape index (κ1) is 26.5. The Morgan fingerprint density at radius 2 is 1.56 bits per heavy atom. The molecule has 2 heterocycles. The zero-order valence-corrected chi connectivity index (χ0v) is 22.3. The Balaban J connectivity index is 1.65. The van der Waals surface area contributed by atoms with Gasteiger partial charge in [-0.2, -0.15) is 0 Å². The molecule has 1 amide bonds. The van der Waals surface area contributed by atoms with Gasteiger partial charge in [0, 0.05) is 31.6 Å². The molecule has 3 rings (SSSR count). The van der Waals surface area contributed by atoms with E-state index in [9.17, 15) is 9.59 Å². The second-order valence-electron chi connectivity index (χ2n) is 12.1. The summed E-state index contributed by atoms with van der Waals surface area (Å²) in [5.41, 5.74) is 2.97. The van der Waals surface area contributed by atoms with Gasteiger partial charge in [-0.3, -0.25) is 9.69 Å². The van der Waals surface area contributed by atoms with E-state index in [2.05, 4.69) is 30.0 Å². The Kier molecular flexibility index (Phi) is 8.01. The molecule has 1 aromatic carbocycles. The fourth-order valence-corrected chi connectivity index (χ4v) is 5.22. The van der Waals surface area contributed by atoms with Gasteiger partial charge in [0.25, 0.3) is 0 Å². The van der Waals surface area contributed by atoms with Crippen LogP contribution in [0.25, 0.3) is 0 Å². The molecule has 190 valence electrons. The summed E-state index contributed by atoms with van der Waals surface area (Å²) in [7, 11) is 0. The van der Waals surface area contributed by atoms with Crippen molar-refractivity contribution in [1.29, 1.82) is 0 Å². The number of hydrogen-bond acceptors (Lipinski definition) is 5. The summed E-state index contributed by atoms with van der Waals surface area (Å²) in [6.45, 7) is 17.0. The zero-order chi connectivity index (χ0) is 25.1. The maximum atomic E-state index is 12.5. The van der Waals surface area contributed by atoms with Crippen molar-refractivity contribution in [2.45, 2.75) is 110 Å². The van der Waals surface area contributed by atoms with Gasteiger partial charge < -0.3 is 14.4 Å². The normalized spacial score (nSPS) is 18.9. The van der Waals surface area contributed by atoms with Crippen LogP contribution in [0.2, 0.25) is 0 Å². The average molecular weight is 473 g/mol. The van der Waals surface area contributed by atoms with Gasteiger partial charge >= 0.3 is 12.1 Å². The van der Waals surface area contributed by atoms with Crippen molar-refractivity contribution >= 4 is 12.1 Å². The number of hydrogen-bond donors (Lipinski definition) is 0. The van der Waals surface area contributed by atoms with Gasteiger partial charge in [0.2, 0.25) is 0 Å². The number of amides is 1. The molecule has 1 spiro atoms. The van der Waals surface area contributed by atoms with Gasteiger partial charge in [-0.1, -0.05) is 23.8 Å². The molecule has 6 heteroatoms. The molecule has 2 fully saturated rings. The van der Waals surface area contributed by atoms with Gasteiger partial charge in [-0.15, -0.1) is 0 Å². The van der Waals surface area contributed by atoms with Crippen molar-refractivity contribution in [1.82, 2.24) is 9.80 Å². The zero-order valence-electron chi connectivity index (χ0n) is 22.3. The van der Waals surface area contributed by atoms with E-state index in [0.29, 0.717) is 12.8 Å². The van der Waals surface area contributed by atoms with E-state index < -0.39 is 11.2 Å². The maximum absolute atomic E-state index is 12.5. The molecule has 1 aromatic rings. The largest absolute Gasteiger partial charge is 0.460 e. The van der Waals surface area contributed by atoms with E-state index in [1.54, 1.807) is 0 Å². The van der Waals surface area contributed by atoms with E-state index in [0.717, 1.165) is 39.0 Å². The van der Waals surface area contributed by atoms with Crippen molar-refractivity contribution in [3.63, 3.8) is 0 Å². The first-order valence-electron chi connectivity index (χ1n) is 12.8. The number of benzene rings is 1. The van der Waals surface area contributed by atoms with Crippen LogP contribution in [-0.2, 0) is 27.2 Å². The van der Waals surface area contributed by atoms with E-state index in [1.807, 2.05) is 46.4 Å². The van der Waals surface area contributed by atoms with Crippen LogP contribution in [-0.4, -0.2) is 58.2 Å². The molecular weight excluding hydrogens is 428 g/mol. The number of carbonyl (C=O) groups excluding carboxylic acids is 2. The van der Waals surface area contributed by atoms with E-state index in [-0.39, 0.29) is 17.6 Å². The molecule has 0 saturated carbocycles. The number of likely N-dealkylation sites (tertiary alicyclic amines) is 2. The summed E-state index contributed by atoms with van der Waals surface area (Å²) in [6, 6.07) is 6.61. The second kappa shape index (κ2) is 10.3. The number of esters is 1. The molecule has 0 N–H and O–H groups in total. The molecule has 6 nitrogen and oxygen atoms in total. The van der Waals surface area contributed by atoms with Gasteiger partial charge in [0.15, 0.2) is 0 Å².